The van der Waals surface area contributed by atoms with Crippen molar-refractivity contribution in [3.8, 4) is 0 Å². The number of hydrogen-bond acceptors (Lipinski definition) is 4. The van der Waals surface area contributed by atoms with Gasteiger partial charge in [0.05, 0.1) is 22.8 Å². The molecule has 3 aromatic rings. The Labute approximate surface area is 289 Å². The molecule has 0 aliphatic carbocycles. The molecule has 0 aromatic carbocycles. The third kappa shape index (κ3) is 7.87. The molecule has 0 fully saturated rings. The van der Waals surface area contributed by atoms with Crippen molar-refractivity contribution in [2.24, 2.45) is 0 Å². The largest absolute Gasteiger partial charge is 0.355 e. The van der Waals surface area contributed by atoms with Crippen LogP contribution < -0.4 is 10.6 Å². The summed E-state index contributed by atoms with van der Waals surface area (Å²) in [4.78, 5) is 18.3. The summed E-state index contributed by atoms with van der Waals surface area (Å²) in [5.74, 6) is 0. The van der Waals surface area contributed by atoms with Crippen molar-refractivity contribution >= 4 is 44.4 Å². The number of aromatic amines is 2. The first-order valence-corrected chi connectivity index (χ1v) is 18.9. The van der Waals surface area contributed by atoms with E-state index >= 15 is 0 Å². The van der Waals surface area contributed by atoms with E-state index in [9.17, 15) is 0 Å². The Bertz CT molecular complexity index is 1810. The Morgan fingerprint density at radius 3 is 1.38 bits per heavy atom. The van der Waals surface area contributed by atoms with E-state index < -0.39 is 0 Å². The zero-order valence-electron chi connectivity index (χ0n) is 31.1. The summed E-state index contributed by atoms with van der Waals surface area (Å²) < 4.78 is 0. The molecule has 0 radical (unpaired) electrons. The van der Waals surface area contributed by atoms with Gasteiger partial charge in [-0.05, 0) is 174 Å². The predicted octanol–water partition coefficient (Wildman–Crippen LogP) is 10.3. The Hall–Kier alpha value is -3.48. The van der Waals surface area contributed by atoms with Crippen molar-refractivity contribution in [1.82, 2.24) is 30.6 Å². The van der Waals surface area contributed by atoms with E-state index in [1.54, 1.807) is 0 Å². The van der Waals surface area contributed by atoms with Gasteiger partial charge < -0.3 is 20.6 Å². The minimum atomic E-state index is 0.969. The number of fused-ring (bicyclic) bond motifs is 8. The maximum absolute atomic E-state index is 5.36. The molecule has 0 spiro atoms. The normalized spacial score (nSPS) is 13.3. The van der Waals surface area contributed by atoms with Crippen molar-refractivity contribution in [2.75, 3.05) is 26.2 Å². The number of H-pyrrole nitrogens is 2. The lowest BCUT2D eigenvalue weighted by Gasteiger charge is -2.08. The van der Waals surface area contributed by atoms with Crippen molar-refractivity contribution in [2.45, 2.75) is 120 Å². The number of allylic oxidation sites excluding steroid dienone is 4. The Morgan fingerprint density at radius 2 is 0.917 bits per heavy atom. The average molecular weight is 649 g/mol. The van der Waals surface area contributed by atoms with Crippen LogP contribution in [0, 0.1) is 13.8 Å². The highest BCUT2D eigenvalue weighted by Crippen LogP contribution is 2.38. The van der Waals surface area contributed by atoms with Crippen LogP contribution in [-0.2, 0) is 12.8 Å². The van der Waals surface area contributed by atoms with Gasteiger partial charge in [0.2, 0.25) is 0 Å². The van der Waals surface area contributed by atoms with E-state index in [4.69, 9.17) is 9.97 Å². The number of aromatic nitrogens is 4. The highest BCUT2D eigenvalue weighted by Gasteiger charge is 2.22. The van der Waals surface area contributed by atoms with Crippen molar-refractivity contribution in [1.29, 1.82) is 0 Å². The summed E-state index contributed by atoms with van der Waals surface area (Å²) in [5, 5.41) is 7.29. The molecule has 3 aromatic heterocycles. The van der Waals surface area contributed by atoms with E-state index in [0.29, 0.717) is 0 Å². The van der Waals surface area contributed by atoms with Crippen LogP contribution in [0.2, 0.25) is 0 Å². The van der Waals surface area contributed by atoms with Crippen LogP contribution in [-0.4, -0.2) is 46.1 Å². The molecule has 8 bridgehead atoms. The van der Waals surface area contributed by atoms with Gasteiger partial charge in [0, 0.05) is 22.1 Å². The highest BCUT2D eigenvalue weighted by molar-refractivity contribution is 5.95. The molecule has 6 heteroatoms. The molecule has 0 amide bonds. The van der Waals surface area contributed by atoms with Gasteiger partial charge in [-0.3, -0.25) is 0 Å². The van der Waals surface area contributed by atoms with Crippen LogP contribution in [0.15, 0.2) is 24.3 Å². The highest BCUT2D eigenvalue weighted by atomic mass is 14.9. The molecule has 5 heterocycles. The second-order valence-corrected chi connectivity index (χ2v) is 13.8. The fourth-order valence-electron chi connectivity index (χ4n) is 7.39. The second-order valence-electron chi connectivity index (χ2n) is 13.8. The van der Waals surface area contributed by atoms with Crippen LogP contribution in [0.4, 0.5) is 0 Å². The summed E-state index contributed by atoms with van der Waals surface area (Å²) in [6, 6.07) is 9.19. The van der Waals surface area contributed by atoms with Gasteiger partial charge in [-0.1, -0.05) is 40.5 Å². The molecule has 0 saturated carbocycles. The molecule has 0 atom stereocenters. The molecule has 2 aliphatic heterocycles. The van der Waals surface area contributed by atoms with E-state index in [2.05, 4.69) is 100 Å². The minimum absolute atomic E-state index is 0.969. The van der Waals surface area contributed by atoms with Crippen molar-refractivity contribution < 1.29 is 0 Å². The first kappa shape index (κ1) is 35.8. The van der Waals surface area contributed by atoms with Gasteiger partial charge in [0.15, 0.2) is 0 Å². The van der Waals surface area contributed by atoms with Crippen LogP contribution in [0.1, 0.15) is 138 Å². The maximum Gasteiger partial charge on any atom is 0.0694 e. The Kier molecular flexibility index (Phi) is 12.5. The molecule has 4 N–H and O–H groups in total. The SMILES string of the molecule is CCCCNCCCC1=C(C)c2cc3[nH]c(cc4[nH]c(cc5nc(cc1n2)C(CCCNCCCC)=C5C)c(CC)c4C)c(CC)c3C. The van der Waals surface area contributed by atoms with Crippen molar-refractivity contribution in [3.05, 3.63) is 69.3 Å². The number of nitrogens with zero attached hydrogens (tertiary/aromatic N) is 2. The summed E-state index contributed by atoms with van der Waals surface area (Å²) in [7, 11) is 0. The summed E-state index contributed by atoms with van der Waals surface area (Å²) in [6.07, 6.45) is 11.0. The topological polar surface area (TPSA) is 81.4 Å². The average Bonchev–Trinajstić information content (AvgIpc) is 3.73. The third-order valence-corrected chi connectivity index (χ3v) is 10.5. The lowest BCUT2D eigenvalue weighted by Crippen LogP contribution is -2.16. The minimum Gasteiger partial charge on any atom is -0.355 e. The summed E-state index contributed by atoms with van der Waals surface area (Å²) in [6.45, 7) is 22.3. The molecule has 48 heavy (non-hydrogen) atoms. The number of aryl methyl sites for hydroxylation is 4. The monoisotopic (exact) mass is 648 g/mol. The fraction of sp³-hybridized carbons (Fsp3) is 0.524. The van der Waals surface area contributed by atoms with Crippen molar-refractivity contribution in [3.63, 3.8) is 0 Å². The number of hydrogen-bond donors (Lipinski definition) is 4. The van der Waals surface area contributed by atoms with E-state index in [0.717, 1.165) is 93.0 Å². The van der Waals surface area contributed by atoms with E-state index in [-0.39, 0.29) is 0 Å². The van der Waals surface area contributed by atoms with Gasteiger partial charge in [0.1, 0.15) is 0 Å². The third-order valence-electron chi connectivity index (χ3n) is 10.5. The second kappa shape index (κ2) is 16.8. The molecule has 0 saturated heterocycles. The van der Waals surface area contributed by atoms with Gasteiger partial charge in [0.25, 0.3) is 0 Å². The van der Waals surface area contributed by atoms with Crippen LogP contribution in [0.25, 0.3) is 44.4 Å². The molecule has 5 rings (SSSR count). The van der Waals surface area contributed by atoms with Crippen LogP contribution in [0.5, 0.6) is 0 Å². The molecule has 0 unspecified atom stereocenters. The first-order valence-electron chi connectivity index (χ1n) is 18.9. The standard InChI is InChI=1S/C42H60N6/c1-9-13-19-43-21-15-17-33-29(7)36-23-35-27(5)31(11-3)39(45-35)24-37-28(6)32(12-4)40(46-37)25-38-30(8)34(18-16-22-44-20-14-10-2)42(48-38)26-41(33)47-36/h23-26,43-46H,9-22H2,1-8H3. The maximum atomic E-state index is 5.36. The zero-order valence-corrected chi connectivity index (χ0v) is 31.1. The fourth-order valence-corrected chi connectivity index (χ4v) is 7.39. The quantitative estimate of drug-likeness (QED) is 0.117. The summed E-state index contributed by atoms with van der Waals surface area (Å²) >= 11 is 0. The van der Waals surface area contributed by atoms with Gasteiger partial charge >= 0.3 is 0 Å². The molecule has 6 nitrogen and oxygen atoms in total. The molecule has 258 valence electrons. The smallest absolute Gasteiger partial charge is 0.0694 e. The van der Waals surface area contributed by atoms with Gasteiger partial charge in [-0.25, -0.2) is 9.97 Å². The molecule has 2 aliphatic rings. The van der Waals surface area contributed by atoms with E-state index in [1.165, 1.54) is 86.8 Å². The molecular formula is C42H60N6. The zero-order chi connectivity index (χ0) is 34.2. The predicted molar refractivity (Wildman–Crippen MR) is 208 cm³/mol. The Morgan fingerprint density at radius 1 is 0.500 bits per heavy atom. The van der Waals surface area contributed by atoms with Gasteiger partial charge in [-0.15, -0.1) is 0 Å². The lowest BCUT2D eigenvalue weighted by molar-refractivity contribution is 0.622. The number of nitrogens with one attached hydrogen (secondary N) is 4. The number of rotatable bonds is 16. The van der Waals surface area contributed by atoms with Gasteiger partial charge in [-0.2, -0.15) is 0 Å². The molecular weight excluding hydrogens is 589 g/mol. The van der Waals surface area contributed by atoms with Crippen LogP contribution in [0.3, 0.4) is 0 Å². The van der Waals surface area contributed by atoms with Crippen LogP contribution >= 0.6 is 0 Å². The Balaban J connectivity index is 1.70. The number of unbranched alkanes of at least 4 members (excludes halogenated alkanes) is 2. The first-order chi connectivity index (χ1) is 23.3. The lowest BCUT2D eigenvalue weighted by atomic mass is 9.98. The summed E-state index contributed by atoms with van der Waals surface area (Å²) in [5.41, 5.74) is 19.6. The van der Waals surface area contributed by atoms with E-state index in [1.807, 2.05) is 0 Å².